The normalized spacial score (nSPS) is 12.6. The number of aryl methyl sites for hydroxylation is 2. The molecule has 2 N–H and O–H groups in total. The minimum Gasteiger partial charge on any atom is -0.327 e. The van der Waals surface area contributed by atoms with Gasteiger partial charge >= 0.3 is 0 Å². The first-order chi connectivity index (χ1) is 9.06. The first-order valence-corrected chi connectivity index (χ1v) is 8.71. The van der Waals surface area contributed by atoms with Crippen molar-refractivity contribution in [2.24, 2.45) is 5.73 Å². The van der Waals surface area contributed by atoms with Crippen molar-refractivity contribution >= 4 is 39.0 Å². The Morgan fingerprint density at radius 1 is 1.37 bits per heavy atom. The lowest BCUT2D eigenvalue weighted by atomic mass is 10.2. The average Bonchev–Trinajstić information content (AvgIpc) is 2.67. The molecule has 2 aromatic rings. The van der Waals surface area contributed by atoms with Crippen LogP contribution in [0.15, 0.2) is 33.6 Å². The maximum atomic E-state index is 6.19. The van der Waals surface area contributed by atoms with E-state index in [1.54, 1.807) is 23.1 Å². The highest BCUT2D eigenvalue weighted by Gasteiger charge is 2.10. The van der Waals surface area contributed by atoms with E-state index in [2.05, 4.69) is 46.9 Å². The molecule has 0 radical (unpaired) electrons. The van der Waals surface area contributed by atoms with Gasteiger partial charge in [0.05, 0.1) is 10.7 Å². The van der Waals surface area contributed by atoms with Gasteiger partial charge in [-0.25, -0.2) is 4.98 Å². The van der Waals surface area contributed by atoms with Crippen molar-refractivity contribution in [1.82, 2.24) is 4.98 Å². The molecule has 0 aliphatic carbocycles. The molecule has 0 bridgehead atoms. The molecule has 0 fully saturated rings. The lowest BCUT2D eigenvalue weighted by molar-refractivity contribution is 0.742. The standard InChI is InChI=1S/C14H17BrN2S2/c1-9-10(2)19-14(17-9)7-11(16)8-18-13-6-4-3-5-12(13)15/h3-6,11H,7-8,16H2,1-2H3. The van der Waals surface area contributed by atoms with Crippen molar-refractivity contribution in [1.29, 1.82) is 0 Å². The van der Waals surface area contributed by atoms with E-state index in [0.717, 1.165) is 27.3 Å². The summed E-state index contributed by atoms with van der Waals surface area (Å²) in [5.74, 6) is 0.903. The molecular formula is C14H17BrN2S2. The van der Waals surface area contributed by atoms with Crippen LogP contribution in [-0.4, -0.2) is 16.8 Å². The zero-order chi connectivity index (χ0) is 13.8. The van der Waals surface area contributed by atoms with Crippen LogP contribution in [0.25, 0.3) is 0 Å². The Balaban J connectivity index is 1.88. The van der Waals surface area contributed by atoms with Crippen LogP contribution < -0.4 is 5.73 Å². The number of hydrogen-bond donors (Lipinski definition) is 1. The molecule has 19 heavy (non-hydrogen) atoms. The molecule has 1 aromatic carbocycles. The third-order valence-electron chi connectivity index (χ3n) is 2.80. The molecule has 1 heterocycles. The van der Waals surface area contributed by atoms with E-state index < -0.39 is 0 Å². The molecule has 0 saturated heterocycles. The summed E-state index contributed by atoms with van der Waals surface area (Å²) < 4.78 is 1.13. The van der Waals surface area contributed by atoms with Crippen LogP contribution in [0.1, 0.15) is 15.6 Å². The number of nitrogens with two attached hydrogens (primary N) is 1. The summed E-state index contributed by atoms with van der Waals surface area (Å²) in [6.07, 6.45) is 0.858. The van der Waals surface area contributed by atoms with Crippen molar-refractivity contribution in [3.63, 3.8) is 0 Å². The third kappa shape index (κ3) is 4.31. The summed E-state index contributed by atoms with van der Waals surface area (Å²) in [4.78, 5) is 7.08. The lowest BCUT2D eigenvalue weighted by Gasteiger charge is -2.10. The van der Waals surface area contributed by atoms with Crippen molar-refractivity contribution in [2.75, 3.05) is 5.75 Å². The molecular weight excluding hydrogens is 340 g/mol. The van der Waals surface area contributed by atoms with Crippen molar-refractivity contribution in [3.8, 4) is 0 Å². The molecule has 2 rings (SSSR count). The zero-order valence-corrected chi connectivity index (χ0v) is 14.2. The van der Waals surface area contributed by atoms with E-state index >= 15 is 0 Å². The fraction of sp³-hybridized carbons (Fsp3) is 0.357. The van der Waals surface area contributed by atoms with Crippen LogP contribution in [-0.2, 0) is 6.42 Å². The van der Waals surface area contributed by atoms with Gasteiger partial charge in [-0.15, -0.1) is 23.1 Å². The van der Waals surface area contributed by atoms with E-state index in [-0.39, 0.29) is 6.04 Å². The third-order valence-corrected chi connectivity index (χ3v) is 6.11. The largest absolute Gasteiger partial charge is 0.327 e. The summed E-state index contributed by atoms with van der Waals surface area (Å²) in [6.45, 7) is 4.16. The summed E-state index contributed by atoms with van der Waals surface area (Å²) >= 11 is 7.10. The maximum Gasteiger partial charge on any atom is 0.0946 e. The Labute approximate surface area is 131 Å². The second-order valence-corrected chi connectivity index (χ2v) is 7.66. The molecule has 0 amide bonds. The Morgan fingerprint density at radius 2 is 2.11 bits per heavy atom. The quantitative estimate of drug-likeness (QED) is 0.816. The molecule has 0 aliphatic rings. The van der Waals surface area contributed by atoms with Crippen LogP contribution in [0.5, 0.6) is 0 Å². The first-order valence-electron chi connectivity index (χ1n) is 6.12. The van der Waals surface area contributed by atoms with Gasteiger partial charge in [-0.05, 0) is 41.9 Å². The Bertz CT molecular complexity index is 535. The first kappa shape index (κ1) is 15.0. The van der Waals surface area contributed by atoms with Gasteiger partial charge in [0.25, 0.3) is 0 Å². The highest BCUT2D eigenvalue weighted by atomic mass is 79.9. The summed E-state index contributed by atoms with van der Waals surface area (Å²) in [6, 6.07) is 8.38. The number of nitrogens with zero attached hydrogens (tertiary/aromatic N) is 1. The second-order valence-electron chi connectivity index (χ2n) is 4.45. The van der Waals surface area contributed by atoms with E-state index in [0.29, 0.717) is 0 Å². The van der Waals surface area contributed by atoms with Gasteiger partial charge in [-0.2, -0.15) is 0 Å². The predicted octanol–water partition coefficient (Wildman–Crippen LogP) is 4.18. The molecule has 5 heteroatoms. The topological polar surface area (TPSA) is 38.9 Å². The van der Waals surface area contributed by atoms with Gasteiger partial charge < -0.3 is 5.73 Å². The monoisotopic (exact) mass is 356 g/mol. The highest BCUT2D eigenvalue weighted by molar-refractivity contribution is 9.10. The van der Waals surface area contributed by atoms with Crippen molar-refractivity contribution < 1.29 is 0 Å². The molecule has 0 aliphatic heterocycles. The highest BCUT2D eigenvalue weighted by Crippen LogP contribution is 2.28. The molecule has 1 atom stereocenters. The van der Waals surface area contributed by atoms with E-state index in [1.165, 1.54) is 9.77 Å². The number of rotatable bonds is 5. The number of hydrogen-bond acceptors (Lipinski definition) is 4. The molecule has 2 nitrogen and oxygen atoms in total. The SMILES string of the molecule is Cc1nc(CC(N)CSc2ccccc2Br)sc1C. The number of aromatic nitrogens is 1. The van der Waals surface area contributed by atoms with Crippen molar-refractivity contribution in [2.45, 2.75) is 31.2 Å². The Kier molecular flexibility index (Phi) is 5.45. The molecule has 1 aromatic heterocycles. The lowest BCUT2D eigenvalue weighted by Crippen LogP contribution is -2.25. The Morgan fingerprint density at radius 3 is 2.74 bits per heavy atom. The average molecular weight is 357 g/mol. The van der Waals surface area contributed by atoms with Crippen LogP contribution in [0, 0.1) is 13.8 Å². The predicted molar refractivity (Wildman–Crippen MR) is 88.1 cm³/mol. The fourth-order valence-corrected chi connectivity index (χ4v) is 4.22. The summed E-state index contributed by atoms with van der Waals surface area (Å²) in [7, 11) is 0. The molecule has 102 valence electrons. The van der Waals surface area contributed by atoms with Gasteiger partial charge in [0, 0.05) is 32.5 Å². The van der Waals surface area contributed by atoms with Gasteiger partial charge in [-0.3, -0.25) is 0 Å². The number of benzene rings is 1. The van der Waals surface area contributed by atoms with Crippen LogP contribution in [0.3, 0.4) is 0 Å². The summed E-state index contributed by atoms with van der Waals surface area (Å²) in [5.41, 5.74) is 7.32. The number of thiazole rings is 1. The van der Waals surface area contributed by atoms with Gasteiger partial charge in [0.15, 0.2) is 0 Å². The minimum atomic E-state index is 0.141. The smallest absolute Gasteiger partial charge is 0.0946 e. The van der Waals surface area contributed by atoms with Crippen LogP contribution >= 0.6 is 39.0 Å². The van der Waals surface area contributed by atoms with Gasteiger partial charge in [0.2, 0.25) is 0 Å². The van der Waals surface area contributed by atoms with E-state index in [1.807, 2.05) is 12.1 Å². The molecule has 0 spiro atoms. The van der Waals surface area contributed by atoms with E-state index in [4.69, 9.17) is 5.73 Å². The zero-order valence-electron chi connectivity index (χ0n) is 11.0. The van der Waals surface area contributed by atoms with E-state index in [9.17, 15) is 0 Å². The molecule has 1 unspecified atom stereocenters. The number of halogens is 1. The Hall–Kier alpha value is -0.360. The van der Waals surface area contributed by atoms with Crippen LogP contribution in [0.4, 0.5) is 0 Å². The van der Waals surface area contributed by atoms with Gasteiger partial charge in [-0.1, -0.05) is 12.1 Å². The van der Waals surface area contributed by atoms with Crippen LogP contribution in [0.2, 0.25) is 0 Å². The molecule has 0 saturated carbocycles. The summed E-state index contributed by atoms with van der Waals surface area (Å²) in [5, 5.41) is 1.15. The maximum absolute atomic E-state index is 6.19. The minimum absolute atomic E-state index is 0.141. The second kappa shape index (κ2) is 6.88. The van der Waals surface area contributed by atoms with Crippen molar-refractivity contribution in [3.05, 3.63) is 44.3 Å². The number of thioether (sulfide) groups is 1. The fourth-order valence-electron chi connectivity index (χ4n) is 1.67. The van der Waals surface area contributed by atoms with Gasteiger partial charge in [0.1, 0.15) is 0 Å².